The molecular weight excluding hydrogens is 228 g/mol. The van der Waals surface area contributed by atoms with E-state index in [-0.39, 0.29) is 5.97 Å². The van der Waals surface area contributed by atoms with Crippen LogP contribution in [0.5, 0.6) is 0 Å². The van der Waals surface area contributed by atoms with Crippen molar-refractivity contribution in [3.8, 4) is 11.3 Å². The molecule has 18 heavy (non-hydrogen) atoms. The number of ether oxygens (including phenoxy) is 1. The summed E-state index contributed by atoms with van der Waals surface area (Å²) in [5.74, 6) is -0.272. The van der Waals surface area contributed by atoms with E-state index in [1.807, 2.05) is 25.1 Å². The summed E-state index contributed by atoms with van der Waals surface area (Å²) in [7, 11) is 0. The monoisotopic (exact) mass is 244 g/mol. The summed E-state index contributed by atoms with van der Waals surface area (Å²) in [5, 5.41) is 0. The Morgan fingerprint density at radius 2 is 2.06 bits per heavy atom. The van der Waals surface area contributed by atoms with Gasteiger partial charge in [-0.05, 0) is 31.5 Å². The minimum absolute atomic E-state index is 0.272. The van der Waals surface area contributed by atoms with Gasteiger partial charge < -0.3 is 9.72 Å². The SMILES string of the molecule is CCOC(=O)c1cc(-c2ccncc2)[nH]c1CC. The second kappa shape index (κ2) is 5.49. The van der Waals surface area contributed by atoms with Crippen LogP contribution in [-0.4, -0.2) is 22.5 Å². The maximum absolute atomic E-state index is 11.8. The number of hydrogen-bond acceptors (Lipinski definition) is 3. The molecule has 0 saturated heterocycles. The first kappa shape index (κ1) is 12.4. The molecule has 2 rings (SSSR count). The number of carbonyl (C=O) groups is 1. The highest BCUT2D eigenvalue weighted by molar-refractivity contribution is 5.92. The van der Waals surface area contributed by atoms with Gasteiger partial charge in [0, 0.05) is 29.3 Å². The van der Waals surface area contributed by atoms with Crippen molar-refractivity contribution in [3.63, 3.8) is 0 Å². The maximum atomic E-state index is 11.8. The molecule has 0 radical (unpaired) electrons. The van der Waals surface area contributed by atoms with Crippen LogP contribution in [0.1, 0.15) is 29.9 Å². The van der Waals surface area contributed by atoms with Gasteiger partial charge in [0.05, 0.1) is 12.2 Å². The number of pyridine rings is 1. The quantitative estimate of drug-likeness (QED) is 0.841. The highest BCUT2D eigenvalue weighted by Crippen LogP contribution is 2.22. The van der Waals surface area contributed by atoms with Crippen LogP contribution in [0.3, 0.4) is 0 Å². The minimum atomic E-state index is -0.272. The Hall–Kier alpha value is -2.10. The van der Waals surface area contributed by atoms with Crippen LogP contribution >= 0.6 is 0 Å². The van der Waals surface area contributed by atoms with E-state index in [0.717, 1.165) is 23.4 Å². The van der Waals surface area contributed by atoms with Crippen LogP contribution < -0.4 is 0 Å². The van der Waals surface area contributed by atoms with Gasteiger partial charge in [0.2, 0.25) is 0 Å². The second-order valence-corrected chi connectivity index (χ2v) is 3.89. The zero-order valence-electron chi connectivity index (χ0n) is 10.6. The lowest BCUT2D eigenvalue weighted by atomic mass is 10.1. The molecule has 4 nitrogen and oxygen atoms in total. The normalized spacial score (nSPS) is 10.3. The van der Waals surface area contributed by atoms with Crippen molar-refractivity contribution in [2.75, 3.05) is 6.61 Å². The number of esters is 1. The number of H-pyrrole nitrogens is 1. The lowest BCUT2D eigenvalue weighted by molar-refractivity contribution is 0.0525. The predicted octanol–water partition coefficient (Wildman–Crippen LogP) is 2.82. The number of hydrogen-bond donors (Lipinski definition) is 1. The van der Waals surface area contributed by atoms with Crippen molar-refractivity contribution in [2.24, 2.45) is 0 Å². The molecule has 2 aromatic heterocycles. The fourth-order valence-corrected chi connectivity index (χ4v) is 1.85. The minimum Gasteiger partial charge on any atom is -0.462 e. The summed E-state index contributed by atoms with van der Waals surface area (Å²) >= 11 is 0. The highest BCUT2D eigenvalue weighted by atomic mass is 16.5. The molecule has 94 valence electrons. The third-order valence-electron chi connectivity index (χ3n) is 2.74. The van der Waals surface area contributed by atoms with Gasteiger partial charge in [-0.3, -0.25) is 4.98 Å². The van der Waals surface area contributed by atoms with Gasteiger partial charge in [-0.2, -0.15) is 0 Å². The molecule has 2 aromatic rings. The average molecular weight is 244 g/mol. The lowest BCUT2D eigenvalue weighted by Gasteiger charge is -2.00. The van der Waals surface area contributed by atoms with Crippen molar-refractivity contribution in [1.82, 2.24) is 9.97 Å². The highest BCUT2D eigenvalue weighted by Gasteiger charge is 2.15. The molecule has 0 aromatic carbocycles. The Balaban J connectivity index is 2.38. The molecule has 0 bridgehead atoms. The van der Waals surface area contributed by atoms with Crippen LogP contribution in [0, 0.1) is 0 Å². The molecule has 0 aliphatic carbocycles. The molecule has 0 saturated carbocycles. The smallest absolute Gasteiger partial charge is 0.339 e. The van der Waals surface area contributed by atoms with E-state index in [9.17, 15) is 4.79 Å². The third-order valence-corrected chi connectivity index (χ3v) is 2.74. The van der Waals surface area contributed by atoms with E-state index in [1.165, 1.54) is 0 Å². The van der Waals surface area contributed by atoms with E-state index in [2.05, 4.69) is 9.97 Å². The van der Waals surface area contributed by atoms with Crippen LogP contribution in [0.2, 0.25) is 0 Å². The molecular formula is C14H16N2O2. The van der Waals surface area contributed by atoms with Crippen LogP contribution in [0.25, 0.3) is 11.3 Å². The lowest BCUT2D eigenvalue weighted by Crippen LogP contribution is -2.05. The average Bonchev–Trinajstić information content (AvgIpc) is 2.84. The van der Waals surface area contributed by atoms with Gasteiger partial charge in [0.25, 0.3) is 0 Å². The van der Waals surface area contributed by atoms with Crippen LogP contribution in [0.4, 0.5) is 0 Å². The second-order valence-electron chi connectivity index (χ2n) is 3.89. The van der Waals surface area contributed by atoms with Crippen molar-refractivity contribution >= 4 is 5.97 Å². The molecule has 0 amide bonds. The third kappa shape index (κ3) is 2.42. The van der Waals surface area contributed by atoms with E-state index in [0.29, 0.717) is 12.2 Å². The van der Waals surface area contributed by atoms with E-state index in [4.69, 9.17) is 4.74 Å². The summed E-state index contributed by atoms with van der Waals surface area (Å²) in [4.78, 5) is 19.1. The maximum Gasteiger partial charge on any atom is 0.339 e. The molecule has 1 N–H and O–H groups in total. The number of nitrogens with zero attached hydrogens (tertiary/aromatic N) is 1. The van der Waals surface area contributed by atoms with E-state index in [1.54, 1.807) is 19.3 Å². The first-order valence-electron chi connectivity index (χ1n) is 6.05. The van der Waals surface area contributed by atoms with Gasteiger partial charge in [0.1, 0.15) is 0 Å². The predicted molar refractivity (Wildman–Crippen MR) is 69.4 cm³/mol. The summed E-state index contributed by atoms with van der Waals surface area (Å²) in [6.45, 7) is 4.20. The number of carbonyl (C=O) groups excluding carboxylic acids is 1. The zero-order chi connectivity index (χ0) is 13.0. The number of aryl methyl sites for hydroxylation is 1. The Morgan fingerprint density at radius 3 is 2.67 bits per heavy atom. The Labute approximate surface area is 106 Å². The molecule has 0 aliphatic rings. The van der Waals surface area contributed by atoms with Crippen LogP contribution in [0.15, 0.2) is 30.6 Å². The largest absolute Gasteiger partial charge is 0.462 e. The number of aromatic nitrogens is 2. The van der Waals surface area contributed by atoms with Gasteiger partial charge in [-0.1, -0.05) is 6.92 Å². The first-order chi connectivity index (χ1) is 8.76. The molecule has 0 unspecified atom stereocenters. The summed E-state index contributed by atoms with van der Waals surface area (Å²) in [6, 6.07) is 5.65. The van der Waals surface area contributed by atoms with E-state index < -0.39 is 0 Å². The van der Waals surface area contributed by atoms with Crippen molar-refractivity contribution in [2.45, 2.75) is 20.3 Å². The van der Waals surface area contributed by atoms with Gasteiger partial charge >= 0.3 is 5.97 Å². The Bertz CT molecular complexity index is 532. The molecule has 0 aliphatic heterocycles. The summed E-state index contributed by atoms with van der Waals surface area (Å²) in [5.41, 5.74) is 3.44. The molecule has 0 spiro atoms. The topological polar surface area (TPSA) is 55.0 Å². The number of nitrogens with one attached hydrogen (secondary N) is 1. The van der Waals surface area contributed by atoms with Crippen molar-refractivity contribution in [1.29, 1.82) is 0 Å². The first-order valence-corrected chi connectivity index (χ1v) is 6.05. The van der Waals surface area contributed by atoms with E-state index >= 15 is 0 Å². The molecule has 0 atom stereocenters. The molecule has 2 heterocycles. The van der Waals surface area contributed by atoms with Gasteiger partial charge in [0.15, 0.2) is 0 Å². The number of rotatable bonds is 4. The Morgan fingerprint density at radius 1 is 1.33 bits per heavy atom. The molecule has 0 fully saturated rings. The number of aromatic amines is 1. The molecule has 4 heteroatoms. The standard InChI is InChI=1S/C14H16N2O2/c1-3-12-11(14(17)18-4-2)9-13(16-12)10-5-7-15-8-6-10/h5-9,16H,3-4H2,1-2H3. The Kier molecular flexibility index (Phi) is 3.77. The van der Waals surface area contributed by atoms with Crippen LogP contribution in [-0.2, 0) is 11.2 Å². The fraction of sp³-hybridized carbons (Fsp3) is 0.286. The van der Waals surface area contributed by atoms with Gasteiger partial charge in [-0.25, -0.2) is 4.79 Å². The van der Waals surface area contributed by atoms with Crippen molar-refractivity contribution < 1.29 is 9.53 Å². The fourth-order valence-electron chi connectivity index (χ4n) is 1.85. The van der Waals surface area contributed by atoms with Gasteiger partial charge in [-0.15, -0.1) is 0 Å². The summed E-state index contributed by atoms with van der Waals surface area (Å²) in [6.07, 6.45) is 4.22. The van der Waals surface area contributed by atoms with Crippen molar-refractivity contribution in [3.05, 3.63) is 41.9 Å². The summed E-state index contributed by atoms with van der Waals surface area (Å²) < 4.78 is 5.05. The zero-order valence-corrected chi connectivity index (χ0v) is 10.6.